The Morgan fingerprint density at radius 2 is 1.77 bits per heavy atom. The molecule has 1 aromatic heterocycles. The summed E-state index contributed by atoms with van der Waals surface area (Å²) in [5.74, 6) is -1.32. The fourth-order valence-electron chi connectivity index (χ4n) is 4.22. The highest BCUT2D eigenvalue weighted by atomic mass is 32.2. The Labute approximate surface area is 203 Å². The topological polar surface area (TPSA) is 116 Å². The van der Waals surface area contributed by atoms with Gasteiger partial charge in [-0.2, -0.15) is 9.78 Å². The molecule has 0 saturated carbocycles. The Kier molecular flexibility index (Phi) is 7.30. The Morgan fingerprint density at radius 3 is 2.43 bits per heavy atom. The summed E-state index contributed by atoms with van der Waals surface area (Å²) in [4.78, 5) is 40.5. The summed E-state index contributed by atoms with van der Waals surface area (Å²) in [5.41, 5.74) is 0.0228. The third-order valence-corrected chi connectivity index (χ3v) is 7.80. The van der Waals surface area contributed by atoms with Crippen LogP contribution in [0.1, 0.15) is 36.7 Å². The van der Waals surface area contributed by atoms with Crippen molar-refractivity contribution in [1.82, 2.24) is 14.7 Å². The predicted octanol–water partition coefficient (Wildman–Crippen LogP) is 2.36. The Morgan fingerprint density at radius 1 is 1.09 bits per heavy atom. The van der Waals surface area contributed by atoms with Gasteiger partial charge in [-0.3, -0.25) is 9.59 Å². The number of amides is 1. The number of carbonyl (C=O) groups excluding carboxylic acids is 2. The highest BCUT2D eigenvalue weighted by Crippen LogP contribution is 2.20. The second-order valence-corrected chi connectivity index (χ2v) is 10.7. The molecule has 2 aromatic carbocycles. The first kappa shape index (κ1) is 24.6. The monoisotopic (exact) mass is 497 g/mol. The van der Waals surface area contributed by atoms with Gasteiger partial charge in [0.1, 0.15) is 0 Å². The number of esters is 1. The normalized spacial score (nSPS) is 16.8. The van der Waals surface area contributed by atoms with E-state index in [2.05, 4.69) is 5.10 Å². The van der Waals surface area contributed by atoms with E-state index in [4.69, 9.17) is 4.74 Å². The van der Waals surface area contributed by atoms with E-state index in [-0.39, 0.29) is 22.8 Å². The van der Waals surface area contributed by atoms with Crippen LogP contribution < -0.4 is 5.56 Å². The molecule has 1 saturated heterocycles. The Hall–Kier alpha value is -3.53. The van der Waals surface area contributed by atoms with Crippen molar-refractivity contribution in [3.05, 3.63) is 70.6 Å². The van der Waals surface area contributed by atoms with Gasteiger partial charge in [-0.15, -0.1) is 0 Å². The molecule has 1 aliphatic rings. The van der Waals surface area contributed by atoms with Crippen LogP contribution in [-0.2, 0) is 19.4 Å². The van der Waals surface area contributed by atoms with Crippen LogP contribution in [0.25, 0.3) is 16.5 Å². The molecule has 9 nitrogen and oxygen atoms in total. The number of rotatable bonds is 8. The highest BCUT2D eigenvalue weighted by Gasteiger charge is 2.34. The third kappa shape index (κ3) is 5.43. The summed E-state index contributed by atoms with van der Waals surface area (Å²) in [5, 5.41) is 4.89. The largest absolute Gasteiger partial charge is 0.451 e. The maximum Gasteiger partial charge on any atom is 0.359 e. The van der Waals surface area contributed by atoms with Crippen LogP contribution in [0.3, 0.4) is 0 Å². The molecule has 1 amide bonds. The van der Waals surface area contributed by atoms with Crippen LogP contribution >= 0.6 is 0 Å². The lowest BCUT2D eigenvalue weighted by molar-refractivity contribution is -0.136. The van der Waals surface area contributed by atoms with Gasteiger partial charge in [0, 0.05) is 18.0 Å². The van der Waals surface area contributed by atoms with Crippen molar-refractivity contribution in [3.63, 3.8) is 0 Å². The Bertz CT molecular complexity index is 1400. The Balaban J connectivity index is 1.59. The van der Waals surface area contributed by atoms with E-state index in [1.165, 1.54) is 4.90 Å². The average molecular weight is 498 g/mol. The lowest BCUT2D eigenvalue weighted by Gasteiger charge is -2.28. The maximum atomic E-state index is 13.1. The summed E-state index contributed by atoms with van der Waals surface area (Å²) in [6, 6.07) is 14.9. The smallest absolute Gasteiger partial charge is 0.359 e. The first-order valence-electron chi connectivity index (χ1n) is 11.5. The number of nitrogens with zero attached hydrogens (tertiary/aromatic N) is 3. The van der Waals surface area contributed by atoms with Crippen LogP contribution in [0.5, 0.6) is 0 Å². The number of fused-ring (bicyclic) bond motifs is 1. The summed E-state index contributed by atoms with van der Waals surface area (Å²) >= 11 is 0. The predicted molar refractivity (Wildman–Crippen MR) is 131 cm³/mol. The summed E-state index contributed by atoms with van der Waals surface area (Å²) in [6.07, 6.45) is 1.92. The fourth-order valence-corrected chi connectivity index (χ4v) is 5.95. The molecule has 4 rings (SSSR count). The molecule has 184 valence electrons. The molecule has 0 radical (unpaired) electrons. The van der Waals surface area contributed by atoms with E-state index >= 15 is 0 Å². The molecule has 1 fully saturated rings. The first-order valence-corrected chi connectivity index (χ1v) is 13.4. The van der Waals surface area contributed by atoms with Crippen molar-refractivity contribution in [1.29, 1.82) is 0 Å². The van der Waals surface area contributed by atoms with Gasteiger partial charge in [-0.05, 0) is 31.0 Å². The first-order chi connectivity index (χ1) is 16.8. The molecule has 0 spiro atoms. The summed E-state index contributed by atoms with van der Waals surface area (Å²) < 4.78 is 30.3. The maximum absolute atomic E-state index is 13.1. The molecule has 1 atom stereocenters. The molecule has 1 aliphatic heterocycles. The van der Waals surface area contributed by atoms with Crippen LogP contribution in [0.4, 0.5) is 0 Å². The van der Waals surface area contributed by atoms with Gasteiger partial charge in [0.25, 0.3) is 11.5 Å². The molecule has 35 heavy (non-hydrogen) atoms. The molecule has 10 heteroatoms. The van der Waals surface area contributed by atoms with Crippen molar-refractivity contribution < 1.29 is 22.7 Å². The standard InChI is InChI=1S/C25H27N3O6S/c1-2-3-14-27(19-13-15-35(32,33)17-19)22(29)16-34-25(31)23-20-11-7-8-12-21(20)24(30)28(26-23)18-9-5-4-6-10-18/h4-12,19H,2-3,13-17H2,1H3. The van der Waals surface area contributed by atoms with Crippen LogP contribution in [0, 0.1) is 0 Å². The van der Waals surface area contributed by atoms with Crippen molar-refractivity contribution in [2.45, 2.75) is 32.2 Å². The van der Waals surface area contributed by atoms with Gasteiger partial charge in [-0.1, -0.05) is 49.7 Å². The molecular formula is C25H27N3O6S. The fraction of sp³-hybridized carbons (Fsp3) is 0.360. The van der Waals surface area contributed by atoms with Crippen LogP contribution in [0.2, 0.25) is 0 Å². The van der Waals surface area contributed by atoms with Gasteiger partial charge < -0.3 is 9.64 Å². The molecule has 2 heterocycles. The minimum Gasteiger partial charge on any atom is -0.451 e. The van der Waals surface area contributed by atoms with Crippen LogP contribution in [-0.4, -0.2) is 65.7 Å². The zero-order chi connectivity index (χ0) is 25.0. The SMILES string of the molecule is CCCCN(C(=O)COC(=O)c1nn(-c2ccccc2)c(=O)c2ccccc12)C1CCS(=O)(=O)C1. The number of benzene rings is 2. The van der Waals surface area contributed by atoms with Gasteiger partial charge in [-0.25, -0.2) is 13.2 Å². The van der Waals surface area contributed by atoms with Crippen molar-refractivity contribution in [2.75, 3.05) is 24.7 Å². The molecule has 3 aromatic rings. The highest BCUT2D eigenvalue weighted by molar-refractivity contribution is 7.91. The van der Waals surface area contributed by atoms with Gasteiger partial charge >= 0.3 is 5.97 Å². The van der Waals surface area contributed by atoms with Crippen LogP contribution in [0.15, 0.2) is 59.4 Å². The molecular weight excluding hydrogens is 470 g/mol. The molecule has 1 unspecified atom stereocenters. The number of sulfone groups is 1. The number of aromatic nitrogens is 2. The van der Waals surface area contributed by atoms with E-state index in [1.807, 2.05) is 6.92 Å². The number of unbranched alkanes of at least 4 members (excludes halogenated alkanes) is 1. The van der Waals surface area contributed by atoms with Crippen molar-refractivity contribution >= 4 is 32.5 Å². The van der Waals surface area contributed by atoms with Crippen molar-refractivity contribution in [2.24, 2.45) is 0 Å². The van der Waals surface area contributed by atoms with E-state index < -0.39 is 34.4 Å². The number of hydrogen-bond donors (Lipinski definition) is 0. The van der Waals surface area contributed by atoms with E-state index in [0.717, 1.165) is 11.1 Å². The number of para-hydroxylation sites is 1. The zero-order valence-electron chi connectivity index (χ0n) is 19.4. The third-order valence-electron chi connectivity index (χ3n) is 6.05. The lowest BCUT2D eigenvalue weighted by Crippen LogP contribution is -2.44. The van der Waals surface area contributed by atoms with E-state index in [0.29, 0.717) is 35.8 Å². The molecule has 0 N–H and O–H groups in total. The molecule has 0 aliphatic carbocycles. The van der Waals surface area contributed by atoms with Gasteiger partial charge in [0.2, 0.25) is 0 Å². The summed E-state index contributed by atoms with van der Waals surface area (Å²) in [7, 11) is -3.18. The van der Waals surface area contributed by atoms with Crippen molar-refractivity contribution in [3.8, 4) is 5.69 Å². The minimum atomic E-state index is -3.18. The molecule has 0 bridgehead atoms. The van der Waals surface area contributed by atoms with Gasteiger partial charge in [0.15, 0.2) is 22.1 Å². The number of ether oxygens (including phenoxy) is 1. The van der Waals surface area contributed by atoms with Gasteiger partial charge in [0.05, 0.1) is 22.6 Å². The zero-order valence-corrected chi connectivity index (χ0v) is 20.2. The summed E-state index contributed by atoms with van der Waals surface area (Å²) in [6.45, 7) is 1.83. The quantitative estimate of drug-likeness (QED) is 0.439. The second-order valence-electron chi connectivity index (χ2n) is 8.52. The average Bonchev–Trinajstić information content (AvgIpc) is 3.22. The number of hydrogen-bond acceptors (Lipinski definition) is 7. The van der Waals surface area contributed by atoms with E-state index in [1.54, 1.807) is 54.6 Å². The lowest BCUT2D eigenvalue weighted by atomic mass is 10.1. The second kappa shape index (κ2) is 10.4. The number of carbonyl (C=O) groups is 2. The minimum absolute atomic E-state index is 0.0459. The van der Waals surface area contributed by atoms with E-state index in [9.17, 15) is 22.8 Å².